The van der Waals surface area contributed by atoms with Gasteiger partial charge in [-0.05, 0) is 12.1 Å². The minimum Gasteiger partial charge on any atom is -0.107 e. The van der Waals surface area contributed by atoms with Gasteiger partial charge in [0.2, 0.25) is 0 Å². The van der Waals surface area contributed by atoms with Crippen LogP contribution in [0.4, 0.5) is 0 Å². The monoisotopic (exact) mass is 188 g/mol. The third-order valence-corrected chi connectivity index (χ3v) is 7.99. The van der Waals surface area contributed by atoms with Crippen LogP contribution in [0.2, 0.25) is 12.1 Å². The summed E-state index contributed by atoms with van der Waals surface area (Å²) in [5.41, 5.74) is 2.29. The molecule has 0 unspecified atom stereocenters. The third-order valence-electron chi connectivity index (χ3n) is 3.24. The first-order valence-corrected chi connectivity index (χ1v) is 7.56. The molecule has 0 radical (unpaired) electrons. The SMILES string of the molecule is C=C[Si]1(c2ccccc2)CCCC1. The molecule has 1 aliphatic heterocycles. The molecule has 0 nitrogen and oxygen atoms in total. The fourth-order valence-electron chi connectivity index (χ4n) is 2.39. The van der Waals surface area contributed by atoms with E-state index in [-0.39, 0.29) is 0 Å². The lowest BCUT2D eigenvalue weighted by Gasteiger charge is -2.22. The zero-order valence-electron chi connectivity index (χ0n) is 8.00. The van der Waals surface area contributed by atoms with Gasteiger partial charge in [-0.2, -0.15) is 0 Å². The summed E-state index contributed by atoms with van der Waals surface area (Å²) in [4.78, 5) is 0. The fourth-order valence-corrected chi connectivity index (χ4v) is 6.48. The van der Waals surface area contributed by atoms with Crippen LogP contribution in [0.5, 0.6) is 0 Å². The van der Waals surface area contributed by atoms with E-state index in [1.165, 1.54) is 24.9 Å². The molecule has 1 heteroatoms. The number of hydrogen-bond acceptors (Lipinski definition) is 0. The summed E-state index contributed by atoms with van der Waals surface area (Å²) in [6.07, 6.45) is 2.82. The Balaban J connectivity index is 2.36. The maximum absolute atomic E-state index is 4.05. The average molecular weight is 188 g/mol. The second-order valence-electron chi connectivity index (χ2n) is 3.93. The highest BCUT2D eigenvalue weighted by molar-refractivity contribution is 6.96. The van der Waals surface area contributed by atoms with E-state index in [0.29, 0.717) is 0 Å². The molecule has 0 atom stereocenters. The van der Waals surface area contributed by atoms with Crippen LogP contribution in [0.15, 0.2) is 42.6 Å². The second kappa shape index (κ2) is 3.50. The van der Waals surface area contributed by atoms with Gasteiger partial charge in [0.25, 0.3) is 0 Å². The number of rotatable bonds is 2. The molecular weight excluding hydrogens is 172 g/mol. The standard InChI is InChI=1S/C12H16Si/c1-2-13(10-6-7-11-13)12-8-4-3-5-9-12/h2-5,8-9H,1,6-7,10-11H2. The van der Waals surface area contributed by atoms with Crippen molar-refractivity contribution in [2.75, 3.05) is 0 Å². The van der Waals surface area contributed by atoms with Gasteiger partial charge in [0.15, 0.2) is 0 Å². The molecule has 0 saturated carbocycles. The van der Waals surface area contributed by atoms with E-state index in [2.05, 4.69) is 42.6 Å². The van der Waals surface area contributed by atoms with Gasteiger partial charge in [-0.3, -0.25) is 0 Å². The van der Waals surface area contributed by atoms with Crippen molar-refractivity contribution < 1.29 is 0 Å². The van der Waals surface area contributed by atoms with Gasteiger partial charge in [0, 0.05) is 0 Å². The minimum atomic E-state index is -1.22. The van der Waals surface area contributed by atoms with Crippen LogP contribution in [-0.2, 0) is 0 Å². The highest BCUT2D eigenvalue weighted by Crippen LogP contribution is 2.30. The summed E-state index contributed by atoms with van der Waals surface area (Å²) in [5.74, 6) is 0. The molecule has 0 aromatic heterocycles. The molecule has 0 amide bonds. The molecule has 2 rings (SSSR count). The normalized spacial score (nSPS) is 20.0. The van der Waals surface area contributed by atoms with Crippen LogP contribution >= 0.6 is 0 Å². The lowest BCUT2D eigenvalue weighted by atomic mass is 10.4. The zero-order valence-corrected chi connectivity index (χ0v) is 9.00. The van der Waals surface area contributed by atoms with Crippen LogP contribution in [-0.4, -0.2) is 8.07 Å². The van der Waals surface area contributed by atoms with Gasteiger partial charge < -0.3 is 0 Å². The van der Waals surface area contributed by atoms with E-state index in [9.17, 15) is 0 Å². The average Bonchev–Trinajstić information content (AvgIpc) is 2.69. The van der Waals surface area contributed by atoms with Gasteiger partial charge >= 0.3 is 0 Å². The van der Waals surface area contributed by atoms with Crippen LogP contribution in [0.1, 0.15) is 12.8 Å². The predicted molar refractivity (Wildman–Crippen MR) is 60.9 cm³/mol. The Morgan fingerprint density at radius 1 is 1.08 bits per heavy atom. The smallest absolute Gasteiger partial charge is 0.107 e. The lowest BCUT2D eigenvalue weighted by molar-refractivity contribution is 0.935. The van der Waals surface area contributed by atoms with Crippen LogP contribution in [0.3, 0.4) is 0 Å². The summed E-state index contributed by atoms with van der Waals surface area (Å²) < 4.78 is 0. The van der Waals surface area contributed by atoms with Crippen LogP contribution in [0.25, 0.3) is 0 Å². The Bertz CT molecular complexity index is 283. The summed E-state index contributed by atoms with van der Waals surface area (Å²) >= 11 is 0. The van der Waals surface area contributed by atoms with Gasteiger partial charge in [0.05, 0.1) is 0 Å². The predicted octanol–water partition coefficient (Wildman–Crippen LogP) is 2.86. The molecule has 1 heterocycles. The van der Waals surface area contributed by atoms with Crippen molar-refractivity contribution in [1.29, 1.82) is 0 Å². The molecule has 0 N–H and O–H groups in total. The van der Waals surface area contributed by atoms with Crippen molar-refractivity contribution in [2.24, 2.45) is 0 Å². The van der Waals surface area contributed by atoms with Crippen molar-refractivity contribution in [3.63, 3.8) is 0 Å². The molecule has 0 aliphatic carbocycles. The highest BCUT2D eigenvalue weighted by Gasteiger charge is 2.34. The molecular formula is C12H16Si. The maximum Gasteiger partial charge on any atom is 0.109 e. The van der Waals surface area contributed by atoms with E-state index < -0.39 is 8.07 Å². The van der Waals surface area contributed by atoms with E-state index in [1.54, 1.807) is 5.19 Å². The first-order chi connectivity index (χ1) is 6.37. The molecule has 1 saturated heterocycles. The van der Waals surface area contributed by atoms with Gasteiger partial charge in [-0.15, -0.1) is 6.58 Å². The van der Waals surface area contributed by atoms with E-state index in [4.69, 9.17) is 0 Å². The molecule has 68 valence electrons. The lowest BCUT2D eigenvalue weighted by Crippen LogP contribution is -2.42. The summed E-state index contributed by atoms with van der Waals surface area (Å²) in [6, 6.07) is 13.8. The van der Waals surface area contributed by atoms with Crippen molar-refractivity contribution in [3.8, 4) is 0 Å². The number of hydrogen-bond donors (Lipinski definition) is 0. The topological polar surface area (TPSA) is 0 Å². The second-order valence-corrected chi connectivity index (χ2v) is 8.23. The Labute approximate surface area is 81.3 Å². The number of benzene rings is 1. The Kier molecular flexibility index (Phi) is 2.36. The molecule has 1 aliphatic rings. The zero-order chi connectivity index (χ0) is 9.15. The van der Waals surface area contributed by atoms with E-state index in [0.717, 1.165) is 0 Å². The molecule has 1 fully saturated rings. The van der Waals surface area contributed by atoms with Crippen molar-refractivity contribution in [2.45, 2.75) is 24.9 Å². The van der Waals surface area contributed by atoms with Crippen LogP contribution < -0.4 is 5.19 Å². The van der Waals surface area contributed by atoms with Crippen molar-refractivity contribution in [1.82, 2.24) is 0 Å². The Morgan fingerprint density at radius 3 is 2.23 bits per heavy atom. The van der Waals surface area contributed by atoms with Gasteiger partial charge in [0.1, 0.15) is 8.07 Å². The van der Waals surface area contributed by atoms with Gasteiger partial charge in [-0.1, -0.05) is 54.1 Å². The first kappa shape index (κ1) is 8.76. The summed E-state index contributed by atoms with van der Waals surface area (Å²) in [6.45, 7) is 4.05. The molecule has 0 spiro atoms. The Hall–Kier alpha value is -0.823. The minimum absolute atomic E-state index is 1.22. The summed E-state index contributed by atoms with van der Waals surface area (Å²) in [7, 11) is -1.22. The van der Waals surface area contributed by atoms with Gasteiger partial charge in [-0.25, -0.2) is 0 Å². The third kappa shape index (κ3) is 1.48. The van der Waals surface area contributed by atoms with Crippen molar-refractivity contribution >= 4 is 13.3 Å². The van der Waals surface area contributed by atoms with Crippen LogP contribution in [0, 0.1) is 0 Å². The molecule has 1 aromatic carbocycles. The Morgan fingerprint density at radius 2 is 1.69 bits per heavy atom. The largest absolute Gasteiger partial charge is 0.109 e. The highest BCUT2D eigenvalue weighted by atomic mass is 28.3. The quantitative estimate of drug-likeness (QED) is 0.626. The molecule has 0 bridgehead atoms. The van der Waals surface area contributed by atoms with E-state index >= 15 is 0 Å². The molecule has 13 heavy (non-hydrogen) atoms. The maximum atomic E-state index is 4.05. The first-order valence-electron chi connectivity index (χ1n) is 5.06. The van der Waals surface area contributed by atoms with E-state index in [1.807, 2.05) is 0 Å². The fraction of sp³-hybridized carbons (Fsp3) is 0.333. The van der Waals surface area contributed by atoms with Crippen molar-refractivity contribution in [3.05, 3.63) is 42.6 Å². The summed E-state index contributed by atoms with van der Waals surface area (Å²) in [5, 5.41) is 1.59. The molecule has 1 aromatic rings.